The third-order valence-corrected chi connectivity index (χ3v) is 8.33. The Morgan fingerprint density at radius 2 is 1.09 bits per heavy atom. The van der Waals surface area contributed by atoms with Gasteiger partial charge in [0.15, 0.2) is 11.6 Å². The molecular weight excluding hydrogens is 578 g/mol. The predicted octanol–water partition coefficient (Wildman–Crippen LogP) is 4.21. The maximum atomic E-state index is 12.1. The molecule has 2 aromatic carbocycles. The lowest BCUT2D eigenvalue weighted by atomic mass is 9.92. The molecule has 0 saturated heterocycles. The fourth-order valence-electron chi connectivity index (χ4n) is 5.27. The molecular formula is C34H34F2N6O3. The average molecular weight is 613 g/mol. The number of halogens is 2. The summed E-state index contributed by atoms with van der Waals surface area (Å²) in [6.45, 7) is -0.503. The van der Waals surface area contributed by atoms with Gasteiger partial charge >= 0.3 is 6.43 Å². The molecule has 9 nitrogen and oxygen atoms in total. The summed E-state index contributed by atoms with van der Waals surface area (Å²) >= 11 is 0. The van der Waals surface area contributed by atoms with Crippen LogP contribution in [0.5, 0.6) is 0 Å². The molecule has 0 bridgehead atoms. The van der Waals surface area contributed by atoms with E-state index < -0.39 is 24.7 Å². The first kappa shape index (κ1) is 31.6. The molecule has 0 unspecified atom stereocenters. The van der Waals surface area contributed by atoms with Gasteiger partial charge in [-0.3, -0.25) is 14.4 Å². The van der Waals surface area contributed by atoms with Crippen molar-refractivity contribution in [2.45, 2.75) is 55.8 Å². The summed E-state index contributed by atoms with van der Waals surface area (Å²) < 4.78 is 24.2. The molecule has 232 valence electrons. The van der Waals surface area contributed by atoms with Crippen LogP contribution in [0, 0.1) is 0 Å². The Kier molecular flexibility index (Phi) is 9.77. The first-order valence-corrected chi connectivity index (χ1v) is 14.8. The number of nitrogens with zero attached hydrogens (tertiary/aromatic N) is 4. The van der Waals surface area contributed by atoms with Crippen LogP contribution in [0.4, 0.5) is 8.78 Å². The Balaban J connectivity index is 0.000000182. The normalized spacial score (nSPS) is 15.4. The van der Waals surface area contributed by atoms with E-state index in [-0.39, 0.29) is 28.7 Å². The van der Waals surface area contributed by atoms with Gasteiger partial charge in [-0.05, 0) is 36.8 Å². The number of benzene rings is 2. The third kappa shape index (κ3) is 8.04. The number of Topliss-reactive ketones (excluding diaryl/α,β-unsaturated/α-hetero) is 2. The van der Waals surface area contributed by atoms with E-state index in [9.17, 15) is 23.2 Å². The summed E-state index contributed by atoms with van der Waals surface area (Å²) in [5, 5.41) is 1.87. The zero-order valence-corrected chi connectivity index (χ0v) is 24.7. The van der Waals surface area contributed by atoms with Gasteiger partial charge in [-0.25, -0.2) is 19.9 Å². The number of nitrogens with two attached hydrogens (primary N) is 1. The van der Waals surface area contributed by atoms with Crippen molar-refractivity contribution in [3.8, 4) is 0 Å². The Bertz CT molecular complexity index is 1610. The zero-order chi connectivity index (χ0) is 31.9. The number of hydrogen-bond donors (Lipinski definition) is 2. The Labute approximate surface area is 259 Å². The van der Waals surface area contributed by atoms with E-state index in [4.69, 9.17) is 5.73 Å². The average Bonchev–Trinajstić information content (AvgIpc) is 4.02. The number of alkyl halides is 2. The fourth-order valence-corrected chi connectivity index (χ4v) is 5.27. The molecule has 2 aromatic heterocycles. The van der Waals surface area contributed by atoms with Gasteiger partial charge in [0.25, 0.3) is 5.91 Å². The highest BCUT2D eigenvalue weighted by molar-refractivity contribution is 5.99. The number of ketones is 2. The van der Waals surface area contributed by atoms with Gasteiger partial charge in [-0.15, -0.1) is 0 Å². The second-order valence-electron chi connectivity index (χ2n) is 11.5. The Morgan fingerprint density at radius 1 is 0.689 bits per heavy atom. The summed E-state index contributed by atoms with van der Waals surface area (Å²) in [5.74, 6) is -0.677. The minimum absolute atomic E-state index is 0.00331. The molecule has 2 saturated carbocycles. The summed E-state index contributed by atoms with van der Waals surface area (Å²) in [7, 11) is 0. The maximum Gasteiger partial charge on any atom is 0.315 e. The monoisotopic (exact) mass is 612 g/mol. The van der Waals surface area contributed by atoms with Crippen molar-refractivity contribution in [3.63, 3.8) is 0 Å². The minimum atomic E-state index is -3.14. The molecule has 2 aliphatic rings. The van der Waals surface area contributed by atoms with Crippen molar-refractivity contribution in [2.75, 3.05) is 13.1 Å². The van der Waals surface area contributed by atoms with Crippen LogP contribution in [0.1, 0.15) is 69.2 Å². The molecule has 3 N–H and O–H groups in total. The zero-order valence-electron chi connectivity index (χ0n) is 24.7. The van der Waals surface area contributed by atoms with Crippen LogP contribution < -0.4 is 11.1 Å². The van der Waals surface area contributed by atoms with Crippen LogP contribution in [0.15, 0.2) is 85.5 Å². The number of aromatic nitrogens is 4. The minimum Gasteiger partial charge on any atom is -0.344 e. The third-order valence-electron chi connectivity index (χ3n) is 8.33. The molecule has 0 radical (unpaired) electrons. The van der Waals surface area contributed by atoms with Gasteiger partial charge in [0.2, 0.25) is 0 Å². The van der Waals surface area contributed by atoms with Crippen molar-refractivity contribution in [3.05, 3.63) is 119 Å². The largest absolute Gasteiger partial charge is 0.344 e. The van der Waals surface area contributed by atoms with Gasteiger partial charge in [0.1, 0.15) is 11.6 Å². The number of rotatable bonds is 12. The lowest BCUT2D eigenvalue weighted by Crippen LogP contribution is -2.34. The van der Waals surface area contributed by atoms with Crippen LogP contribution in [0.25, 0.3) is 0 Å². The van der Waals surface area contributed by atoms with E-state index in [1.165, 1.54) is 36.4 Å². The second kappa shape index (κ2) is 13.9. The Morgan fingerprint density at radius 3 is 1.44 bits per heavy atom. The van der Waals surface area contributed by atoms with Crippen LogP contribution >= 0.6 is 0 Å². The molecule has 1 amide bonds. The Hall–Kier alpha value is -4.77. The van der Waals surface area contributed by atoms with Crippen LogP contribution in [-0.4, -0.2) is 56.9 Å². The van der Waals surface area contributed by atoms with E-state index in [1.807, 2.05) is 29.6 Å². The molecule has 45 heavy (non-hydrogen) atoms. The van der Waals surface area contributed by atoms with Crippen molar-refractivity contribution >= 4 is 17.5 Å². The van der Waals surface area contributed by atoms with Crippen LogP contribution in [0.3, 0.4) is 0 Å². The first-order valence-electron chi connectivity index (χ1n) is 14.8. The summed E-state index contributed by atoms with van der Waals surface area (Å²) in [5.41, 5.74) is 8.87. The summed E-state index contributed by atoms with van der Waals surface area (Å²) in [4.78, 5) is 51.1. The highest BCUT2D eigenvalue weighted by Gasteiger charge is 2.45. The molecule has 0 atom stereocenters. The molecule has 11 heteroatoms. The topological polar surface area (TPSA) is 141 Å². The quantitative estimate of drug-likeness (QED) is 0.227. The predicted molar refractivity (Wildman–Crippen MR) is 163 cm³/mol. The van der Waals surface area contributed by atoms with Gasteiger partial charge in [0.05, 0.1) is 24.2 Å². The highest BCUT2D eigenvalue weighted by Crippen LogP contribution is 2.50. The molecule has 2 heterocycles. The highest BCUT2D eigenvalue weighted by atomic mass is 19.3. The fraction of sp³-hybridized carbons (Fsp3) is 0.324. The maximum absolute atomic E-state index is 12.1. The van der Waals surface area contributed by atoms with Gasteiger partial charge in [-0.1, -0.05) is 60.7 Å². The lowest BCUT2D eigenvalue weighted by molar-refractivity contribution is -0.131. The summed E-state index contributed by atoms with van der Waals surface area (Å²) in [6, 6.07) is 20.7. The van der Waals surface area contributed by atoms with E-state index in [2.05, 4.69) is 56.3 Å². The number of amides is 1. The van der Waals surface area contributed by atoms with Crippen LogP contribution in [-0.2, 0) is 28.5 Å². The number of carbonyl (C=O) groups is 3. The molecule has 2 fully saturated rings. The SMILES string of the molecule is NCC(=O)c1cnc(CC2(c3ccccc3)CC2)nc1.O=C(CNC(=O)C(F)F)c1cnc(CC2(c3ccccc3)CC2)nc1. The number of carbonyl (C=O) groups excluding carboxylic acids is 3. The molecule has 0 aliphatic heterocycles. The summed E-state index contributed by atoms with van der Waals surface area (Å²) in [6.07, 6.45) is 8.77. The van der Waals surface area contributed by atoms with Crippen molar-refractivity contribution in [2.24, 2.45) is 5.73 Å². The molecule has 4 aromatic rings. The number of nitrogens with one attached hydrogen (secondary N) is 1. The molecule has 6 rings (SSSR count). The van der Waals surface area contributed by atoms with E-state index in [1.54, 1.807) is 12.4 Å². The first-order chi connectivity index (χ1) is 21.7. The second-order valence-corrected chi connectivity index (χ2v) is 11.5. The lowest BCUT2D eigenvalue weighted by Gasteiger charge is -2.14. The van der Waals surface area contributed by atoms with Gasteiger partial charge in [-0.2, -0.15) is 8.78 Å². The van der Waals surface area contributed by atoms with Gasteiger partial charge in [0, 0.05) is 48.5 Å². The van der Waals surface area contributed by atoms with Crippen molar-refractivity contribution in [1.29, 1.82) is 0 Å². The molecule has 0 spiro atoms. The van der Waals surface area contributed by atoms with Crippen LogP contribution in [0.2, 0.25) is 0 Å². The van der Waals surface area contributed by atoms with Crippen molar-refractivity contribution in [1.82, 2.24) is 25.3 Å². The van der Waals surface area contributed by atoms with E-state index in [0.29, 0.717) is 17.8 Å². The molecule has 2 aliphatic carbocycles. The van der Waals surface area contributed by atoms with Gasteiger partial charge < -0.3 is 11.1 Å². The number of hydrogen-bond acceptors (Lipinski definition) is 8. The van der Waals surface area contributed by atoms with E-state index >= 15 is 0 Å². The smallest absolute Gasteiger partial charge is 0.315 e. The van der Waals surface area contributed by atoms with Crippen molar-refractivity contribution < 1.29 is 23.2 Å². The standard InChI is InChI=1S/C18H17F2N3O2.C16H17N3O/c19-16(20)17(25)23-11-14(24)12-9-21-15(22-10-12)8-18(6-7-18)13-4-2-1-3-5-13;17-9-14(20)12-10-18-15(19-11-12)8-16(6-7-16)13-4-2-1-3-5-13/h1-5,9-10,16H,6-8,11H2,(H,23,25);1-5,10-11H,6-9,17H2. The van der Waals surface area contributed by atoms with E-state index in [0.717, 1.165) is 25.1 Å².